The van der Waals surface area contributed by atoms with Crippen LogP contribution in [0.15, 0.2) is 18.3 Å². The minimum Gasteiger partial charge on any atom is -0.474 e. The molecule has 2 fully saturated rings. The van der Waals surface area contributed by atoms with Gasteiger partial charge in [-0.05, 0) is 62.7 Å². The second-order valence-electron chi connectivity index (χ2n) is 6.09. The predicted molar refractivity (Wildman–Crippen MR) is 79.3 cm³/mol. The van der Waals surface area contributed by atoms with Crippen molar-refractivity contribution in [3.63, 3.8) is 0 Å². The van der Waals surface area contributed by atoms with E-state index in [2.05, 4.69) is 10.3 Å². The van der Waals surface area contributed by atoms with Crippen LogP contribution in [-0.2, 0) is 6.18 Å². The van der Waals surface area contributed by atoms with E-state index >= 15 is 0 Å². The van der Waals surface area contributed by atoms with Crippen LogP contribution in [0.3, 0.4) is 0 Å². The number of ether oxygens (including phenoxy) is 1. The first-order valence-corrected chi connectivity index (χ1v) is 7.38. The smallest absolute Gasteiger partial charge is 0.421 e. The molecule has 1 saturated heterocycles. The van der Waals surface area contributed by atoms with Gasteiger partial charge in [0.15, 0.2) is 0 Å². The van der Waals surface area contributed by atoms with E-state index in [4.69, 9.17) is 4.74 Å². The number of pyridine rings is 1. The number of halogens is 4. The van der Waals surface area contributed by atoms with E-state index in [0.29, 0.717) is 0 Å². The lowest BCUT2D eigenvalue weighted by atomic mass is 9.77. The first-order chi connectivity index (χ1) is 9.99. The molecule has 0 bridgehead atoms. The summed E-state index contributed by atoms with van der Waals surface area (Å²) in [5.41, 5.74) is -0.528. The molecule has 0 radical (unpaired) electrons. The minimum absolute atomic E-state index is 0. The van der Waals surface area contributed by atoms with E-state index in [-0.39, 0.29) is 29.8 Å². The van der Waals surface area contributed by atoms with E-state index < -0.39 is 11.7 Å². The molecule has 1 unspecified atom stereocenters. The molecule has 2 aliphatic rings. The normalized spacial score (nSPS) is 24.0. The summed E-state index contributed by atoms with van der Waals surface area (Å²) < 4.78 is 44.4. The molecule has 1 aromatic rings. The van der Waals surface area contributed by atoms with Crippen molar-refractivity contribution in [2.45, 2.75) is 44.4 Å². The van der Waals surface area contributed by atoms with Gasteiger partial charge in [-0.15, -0.1) is 12.4 Å². The fourth-order valence-corrected chi connectivity index (χ4v) is 3.52. The summed E-state index contributed by atoms with van der Waals surface area (Å²) in [6.07, 6.45) is 1.62. The molecule has 0 amide bonds. The van der Waals surface area contributed by atoms with Crippen LogP contribution in [0.25, 0.3) is 0 Å². The predicted octanol–water partition coefficient (Wildman–Crippen LogP) is 3.82. The Balaban J connectivity index is 0.00000176. The van der Waals surface area contributed by atoms with Crippen LogP contribution in [0.4, 0.5) is 13.2 Å². The van der Waals surface area contributed by atoms with Gasteiger partial charge in [-0.2, -0.15) is 13.2 Å². The van der Waals surface area contributed by atoms with Gasteiger partial charge in [0.2, 0.25) is 5.88 Å². The molecule has 3 rings (SSSR count). The molecule has 1 aliphatic carbocycles. The number of hydrogen-bond acceptors (Lipinski definition) is 3. The second kappa shape index (κ2) is 6.62. The van der Waals surface area contributed by atoms with E-state index in [1.54, 1.807) is 0 Å². The van der Waals surface area contributed by atoms with Crippen molar-refractivity contribution in [2.24, 2.45) is 5.41 Å². The fraction of sp³-hybridized carbons (Fsp3) is 0.667. The van der Waals surface area contributed by atoms with Gasteiger partial charge >= 0.3 is 6.18 Å². The third-order valence-corrected chi connectivity index (χ3v) is 4.68. The molecule has 1 saturated carbocycles. The highest BCUT2D eigenvalue weighted by Gasteiger charge is 2.42. The third kappa shape index (κ3) is 3.66. The highest BCUT2D eigenvalue weighted by atomic mass is 35.5. The molecule has 1 atom stereocenters. The molecule has 2 heterocycles. The summed E-state index contributed by atoms with van der Waals surface area (Å²) in [5.74, 6) is -0.277. The van der Waals surface area contributed by atoms with E-state index in [1.807, 2.05) is 0 Å². The standard InChI is InChI=1S/C15H19F3N2O.ClH/c16-15(17,18)12-2-1-7-20-13(12)21-11-3-4-14(10-11)5-8-19-9-6-14;/h1-2,7,11,19H,3-6,8-10H2;1H. The molecule has 22 heavy (non-hydrogen) atoms. The lowest BCUT2D eigenvalue weighted by molar-refractivity contribution is -0.139. The van der Waals surface area contributed by atoms with Crippen LogP contribution in [0.2, 0.25) is 0 Å². The third-order valence-electron chi connectivity index (χ3n) is 4.68. The number of alkyl halides is 3. The summed E-state index contributed by atoms with van der Waals surface area (Å²) in [5, 5.41) is 3.33. The summed E-state index contributed by atoms with van der Waals surface area (Å²) in [4.78, 5) is 3.79. The largest absolute Gasteiger partial charge is 0.474 e. The number of nitrogens with one attached hydrogen (secondary N) is 1. The summed E-state index contributed by atoms with van der Waals surface area (Å²) in [6, 6.07) is 2.32. The molecule has 7 heteroatoms. The molecular formula is C15H20ClF3N2O. The van der Waals surface area contributed by atoms with Crippen LogP contribution in [0.5, 0.6) is 5.88 Å². The molecule has 1 N–H and O–H groups in total. The Labute approximate surface area is 134 Å². The quantitative estimate of drug-likeness (QED) is 0.891. The summed E-state index contributed by atoms with van der Waals surface area (Å²) in [7, 11) is 0. The van der Waals surface area contributed by atoms with Crippen LogP contribution < -0.4 is 10.1 Å². The van der Waals surface area contributed by atoms with Crippen molar-refractivity contribution in [1.82, 2.24) is 10.3 Å². The Bertz CT molecular complexity index is 504. The van der Waals surface area contributed by atoms with Crippen molar-refractivity contribution >= 4 is 12.4 Å². The van der Waals surface area contributed by atoms with Gasteiger partial charge in [0.05, 0.1) is 0 Å². The van der Waals surface area contributed by atoms with Gasteiger partial charge < -0.3 is 10.1 Å². The lowest BCUT2D eigenvalue weighted by Gasteiger charge is -2.33. The number of piperidine rings is 1. The molecule has 0 aromatic carbocycles. The monoisotopic (exact) mass is 336 g/mol. The van der Waals surface area contributed by atoms with Crippen LogP contribution >= 0.6 is 12.4 Å². The van der Waals surface area contributed by atoms with Gasteiger partial charge in [0.1, 0.15) is 11.7 Å². The first kappa shape index (κ1) is 17.3. The summed E-state index contributed by atoms with van der Waals surface area (Å²) >= 11 is 0. The van der Waals surface area contributed by atoms with E-state index in [9.17, 15) is 13.2 Å². The first-order valence-electron chi connectivity index (χ1n) is 7.38. The van der Waals surface area contributed by atoms with Crippen LogP contribution in [-0.4, -0.2) is 24.2 Å². The van der Waals surface area contributed by atoms with Crippen LogP contribution in [0.1, 0.15) is 37.7 Å². The average Bonchev–Trinajstić information content (AvgIpc) is 2.81. The SMILES string of the molecule is Cl.FC(F)(F)c1cccnc1OC1CCC2(CCNCC2)C1. The Kier molecular flexibility index (Phi) is 5.22. The Morgan fingerprint density at radius 2 is 1.95 bits per heavy atom. The second-order valence-corrected chi connectivity index (χ2v) is 6.09. The Morgan fingerprint density at radius 1 is 1.23 bits per heavy atom. The number of nitrogens with zero attached hydrogens (tertiary/aromatic N) is 1. The number of rotatable bonds is 2. The van der Waals surface area contributed by atoms with Gasteiger partial charge in [-0.3, -0.25) is 0 Å². The lowest BCUT2D eigenvalue weighted by Crippen LogP contribution is -2.35. The Hall–Kier alpha value is -1.01. The zero-order chi connectivity index (χ0) is 14.9. The molecule has 1 spiro atoms. The molecule has 124 valence electrons. The van der Waals surface area contributed by atoms with Crippen LogP contribution in [0, 0.1) is 5.41 Å². The molecule has 3 nitrogen and oxygen atoms in total. The van der Waals surface area contributed by atoms with E-state index in [0.717, 1.165) is 51.3 Å². The maximum Gasteiger partial charge on any atom is 0.421 e. The van der Waals surface area contributed by atoms with Crippen molar-refractivity contribution in [1.29, 1.82) is 0 Å². The fourth-order valence-electron chi connectivity index (χ4n) is 3.52. The van der Waals surface area contributed by atoms with E-state index in [1.165, 1.54) is 12.3 Å². The average molecular weight is 337 g/mol. The number of hydrogen-bond donors (Lipinski definition) is 1. The molecule has 1 aromatic heterocycles. The highest BCUT2D eigenvalue weighted by Crippen LogP contribution is 2.46. The van der Waals surface area contributed by atoms with Crippen molar-refractivity contribution in [3.05, 3.63) is 23.9 Å². The van der Waals surface area contributed by atoms with Gasteiger partial charge in [-0.25, -0.2) is 4.98 Å². The minimum atomic E-state index is -4.42. The van der Waals surface area contributed by atoms with Crippen molar-refractivity contribution < 1.29 is 17.9 Å². The van der Waals surface area contributed by atoms with Gasteiger partial charge in [-0.1, -0.05) is 0 Å². The molecule has 1 aliphatic heterocycles. The maximum atomic E-state index is 12.9. The Morgan fingerprint density at radius 3 is 2.64 bits per heavy atom. The molecular weight excluding hydrogens is 317 g/mol. The van der Waals surface area contributed by atoms with Crippen molar-refractivity contribution in [2.75, 3.05) is 13.1 Å². The number of aromatic nitrogens is 1. The maximum absolute atomic E-state index is 12.9. The van der Waals surface area contributed by atoms with Gasteiger partial charge in [0.25, 0.3) is 0 Å². The zero-order valence-corrected chi connectivity index (χ0v) is 13.0. The topological polar surface area (TPSA) is 34.1 Å². The zero-order valence-electron chi connectivity index (χ0n) is 12.2. The highest BCUT2D eigenvalue weighted by molar-refractivity contribution is 5.85. The van der Waals surface area contributed by atoms with Crippen molar-refractivity contribution in [3.8, 4) is 5.88 Å². The summed E-state index contributed by atoms with van der Waals surface area (Å²) in [6.45, 7) is 1.98. The van der Waals surface area contributed by atoms with Gasteiger partial charge in [0, 0.05) is 6.20 Å².